The van der Waals surface area contributed by atoms with Crippen LogP contribution in [0, 0.1) is 0 Å². The molecule has 2 rings (SSSR count). The molecule has 0 radical (unpaired) electrons. The van der Waals surface area contributed by atoms with Gasteiger partial charge in [0, 0.05) is 6.54 Å². The number of rotatable bonds is 8. The Labute approximate surface area is 149 Å². The Hall–Kier alpha value is -2.26. The van der Waals surface area contributed by atoms with Crippen molar-refractivity contribution < 1.29 is 31.1 Å². The Balaban J connectivity index is 2.02. The number of para-hydroxylation sites is 1. The van der Waals surface area contributed by atoms with E-state index in [2.05, 4.69) is 9.46 Å². The molecule has 9 heteroatoms. The lowest BCUT2D eigenvalue weighted by molar-refractivity contribution is -0.274. The fourth-order valence-electron chi connectivity index (χ4n) is 2.25. The highest BCUT2D eigenvalue weighted by Gasteiger charge is 2.31. The third-order valence-electron chi connectivity index (χ3n) is 3.28. The van der Waals surface area contributed by atoms with Gasteiger partial charge in [-0.15, -0.1) is 13.2 Å². The van der Waals surface area contributed by atoms with Crippen molar-refractivity contribution >= 4 is 10.0 Å². The van der Waals surface area contributed by atoms with Crippen LogP contribution in [0.2, 0.25) is 0 Å². The summed E-state index contributed by atoms with van der Waals surface area (Å²) in [4.78, 5) is 0.0102. The smallest absolute Gasteiger partial charge is 0.492 e. The molecule has 0 fully saturated rings. The summed E-state index contributed by atoms with van der Waals surface area (Å²) in [6, 6.07) is 11.6. The zero-order valence-corrected chi connectivity index (χ0v) is 14.7. The maximum atomic E-state index is 12.4. The normalized spacial score (nSPS) is 12.0. The van der Waals surface area contributed by atoms with Gasteiger partial charge < -0.3 is 9.47 Å². The van der Waals surface area contributed by atoms with Gasteiger partial charge in [0.05, 0.1) is 6.61 Å². The van der Waals surface area contributed by atoms with E-state index in [4.69, 9.17) is 4.74 Å². The lowest BCUT2D eigenvalue weighted by atomic mass is 10.1. The Bertz CT molecular complexity index is 838. The van der Waals surface area contributed by atoms with Gasteiger partial charge in [-0.1, -0.05) is 24.3 Å². The van der Waals surface area contributed by atoms with Crippen LogP contribution in [-0.4, -0.2) is 27.9 Å². The largest absolute Gasteiger partial charge is 0.573 e. The minimum atomic E-state index is -4.77. The van der Waals surface area contributed by atoms with E-state index in [1.165, 1.54) is 24.3 Å². The highest BCUT2D eigenvalue weighted by molar-refractivity contribution is 7.89. The van der Waals surface area contributed by atoms with Crippen molar-refractivity contribution in [1.29, 1.82) is 0 Å². The zero-order chi connectivity index (χ0) is 19.2. The SMILES string of the molecule is CCOc1ccccc1S(=O)(=O)NCCc1cccc(OC(F)(F)F)c1. The molecule has 0 heterocycles. The summed E-state index contributed by atoms with van der Waals surface area (Å²) in [6.45, 7) is 2.07. The molecular formula is C17H18F3NO4S. The molecule has 142 valence electrons. The Morgan fingerprint density at radius 2 is 1.81 bits per heavy atom. The number of hydrogen-bond donors (Lipinski definition) is 1. The third kappa shape index (κ3) is 5.92. The lowest BCUT2D eigenvalue weighted by Crippen LogP contribution is -2.26. The summed E-state index contributed by atoms with van der Waals surface area (Å²) in [7, 11) is -3.81. The van der Waals surface area contributed by atoms with Gasteiger partial charge in [0.1, 0.15) is 16.4 Å². The van der Waals surface area contributed by atoms with E-state index >= 15 is 0 Å². The highest BCUT2D eigenvalue weighted by atomic mass is 32.2. The number of nitrogens with one attached hydrogen (secondary N) is 1. The summed E-state index contributed by atoms with van der Waals surface area (Å²) in [5.41, 5.74) is 0.507. The fourth-order valence-corrected chi connectivity index (χ4v) is 3.43. The Kier molecular flexibility index (Phi) is 6.49. The molecule has 1 N–H and O–H groups in total. The monoisotopic (exact) mass is 389 g/mol. The summed E-state index contributed by atoms with van der Waals surface area (Å²) in [5.74, 6) is -0.109. The Morgan fingerprint density at radius 3 is 2.50 bits per heavy atom. The van der Waals surface area contributed by atoms with E-state index < -0.39 is 16.4 Å². The van der Waals surface area contributed by atoms with Crippen LogP contribution in [0.4, 0.5) is 13.2 Å². The molecule has 0 bridgehead atoms. The first kappa shape index (κ1) is 20.1. The van der Waals surface area contributed by atoms with Gasteiger partial charge in [0.15, 0.2) is 0 Å². The van der Waals surface area contributed by atoms with E-state index in [-0.39, 0.29) is 29.4 Å². The number of hydrogen-bond acceptors (Lipinski definition) is 4. The molecule has 0 atom stereocenters. The van der Waals surface area contributed by atoms with Crippen LogP contribution in [0.5, 0.6) is 11.5 Å². The number of alkyl halides is 3. The summed E-state index contributed by atoms with van der Waals surface area (Å²) in [5, 5.41) is 0. The van der Waals surface area contributed by atoms with Gasteiger partial charge in [-0.25, -0.2) is 13.1 Å². The standard InChI is InChI=1S/C17H18F3NO4S/c1-2-24-15-8-3-4-9-16(15)26(22,23)21-11-10-13-6-5-7-14(12-13)25-17(18,19)20/h3-9,12,21H,2,10-11H2,1H3. The second kappa shape index (κ2) is 8.41. The fraction of sp³-hybridized carbons (Fsp3) is 0.294. The van der Waals surface area contributed by atoms with Crippen molar-refractivity contribution in [2.75, 3.05) is 13.2 Å². The van der Waals surface area contributed by atoms with Gasteiger partial charge in [0.2, 0.25) is 10.0 Å². The molecule has 0 unspecified atom stereocenters. The minimum absolute atomic E-state index is 0.0102. The molecule has 0 aromatic heterocycles. The molecule has 0 spiro atoms. The van der Waals surface area contributed by atoms with E-state index in [1.54, 1.807) is 31.2 Å². The van der Waals surface area contributed by atoms with Crippen LogP contribution < -0.4 is 14.2 Å². The first-order valence-electron chi connectivity index (χ1n) is 7.77. The second-order valence-corrected chi connectivity index (χ2v) is 6.96. The molecule has 0 saturated carbocycles. The first-order chi connectivity index (χ1) is 12.2. The van der Waals surface area contributed by atoms with Gasteiger partial charge >= 0.3 is 6.36 Å². The number of benzene rings is 2. The van der Waals surface area contributed by atoms with Crippen molar-refractivity contribution in [1.82, 2.24) is 4.72 Å². The predicted molar refractivity (Wildman–Crippen MR) is 89.6 cm³/mol. The van der Waals surface area contributed by atoms with E-state index in [1.807, 2.05) is 0 Å². The molecule has 0 amide bonds. The number of ether oxygens (including phenoxy) is 2. The van der Waals surface area contributed by atoms with Gasteiger partial charge in [-0.3, -0.25) is 0 Å². The van der Waals surface area contributed by atoms with Crippen molar-refractivity contribution in [2.45, 2.75) is 24.6 Å². The number of sulfonamides is 1. The van der Waals surface area contributed by atoms with Crippen LogP contribution >= 0.6 is 0 Å². The molecule has 0 aliphatic rings. The quantitative estimate of drug-likeness (QED) is 0.751. The summed E-state index contributed by atoms with van der Waals surface area (Å²) >= 11 is 0. The molecule has 0 saturated heterocycles. The molecular weight excluding hydrogens is 371 g/mol. The zero-order valence-electron chi connectivity index (χ0n) is 13.9. The Morgan fingerprint density at radius 1 is 1.08 bits per heavy atom. The van der Waals surface area contributed by atoms with Crippen molar-refractivity contribution in [3.05, 3.63) is 54.1 Å². The van der Waals surface area contributed by atoms with Crippen LogP contribution in [0.3, 0.4) is 0 Å². The summed E-state index contributed by atoms with van der Waals surface area (Å²) in [6.07, 6.45) is -4.58. The topological polar surface area (TPSA) is 64.6 Å². The molecule has 5 nitrogen and oxygen atoms in total. The van der Waals surface area contributed by atoms with Crippen molar-refractivity contribution in [2.24, 2.45) is 0 Å². The first-order valence-corrected chi connectivity index (χ1v) is 9.26. The highest BCUT2D eigenvalue weighted by Crippen LogP contribution is 2.24. The van der Waals surface area contributed by atoms with E-state index in [0.29, 0.717) is 12.2 Å². The lowest BCUT2D eigenvalue weighted by Gasteiger charge is -2.12. The maximum Gasteiger partial charge on any atom is 0.573 e. The van der Waals surface area contributed by atoms with Gasteiger partial charge in [0.25, 0.3) is 0 Å². The predicted octanol–water partition coefficient (Wildman–Crippen LogP) is 3.50. The van der Waals surface area contributed by atoms with Crippen LogP contribution in [0.1, 0.15) is 12.5 Å². The van der Waals surface area contributed by atoms with Crippen molar-refractivity contribution in [3.63, 3.8) is 0 Å². The van der Waals surface area contributed by atoms with Crippen LogP contribution in [0.25, 0.3) is 0 Å². The van der Waals surface area contributed by atoms with Crippen LogP contribution in [0.15, 0.2) is 53.4 Å². The van der Waals surface area contributed by atoms with E-state index in [0.717, 1.165) is 0 Å². The second-order valence-electron chi connectivity index (χ2n) is 5.22. The van der Waals surface area contributed by atoms with Gasteiger partial charge in [-0.05, 0) is 43.2 Å². The average molecular weight is 389 g/mol. The maximum absolute atomic E-state index is 12.4. The molecule has 2 aromatic rings. The van der Waals surface area contributed by atoms with Crippen molar-refractivity contribution in [3.8, 4) is 11.5 Å². The van der Waals surface area contributed by atoms with E-state index in [9.17, 15) is 21.6 Å². The summed E-state index contributed by atoms with van der Waals surface area (Å²) < 4.78 is 73.1. The van der Waals surface area contributed by atoms with Gasteiger partial charge in [-0.2, -0.15) is 0 Å². The minimum Gasteiger partial charge on any atom is -0.492 e. The molecule has 0 aliphatic heterocycles. The molecule has 0 aliphatic carbocycles. The number of halogens is 3. The average Bonchev–Trinajstić information content (AvgIpc) is 2.54. The third-order valence-corrected chi connectivity index (χ3v) is 4.78. The van der Waals surface area contributed by atoms with Crippen LogP contribution in [-0.2, 0) is 16.4 Å². The molecule has 26 heavy (non-hydrogen) atoms. The molecule has 2 aromatic carbocycles.